The van der Waals surface area contributed by atoms with Crippen LogP contribution in [0.5, 0.6) is 17.2 Å². The van der Waals surface area contributed by atoms with Crippen molar-refractivity contribution in [3.63, 3.8) is 0 Å². The lowest BCUT2D eigenvalue weighted by molar-refractivity contribution is 0.0733. The molecule has 25 heavy (non-hydrogen) atoms. The molecule has 1 aliphatic heterocycles. The SMILES string of the molecule is COc1ccc2c(c1)CN(C(=O)c1cc(OC)c(OC)cc1I)CC2. The van der Waals surface area contributed by atoms with Crippen LogP contribution in [0.25, 0.3) is 0 Å². The number of fused-ring (bicyclic) bond motifs is 1. The molecule has 1 aliphatic rings. The highest BCUT2D eigenvalue weighted by Gasteiger charge is 2.25. The van der Waals surface area contributed by atoms with Gasteiger partial charge in [0, 0.05) is 16.7 Å². The van der Waals surface area contributed by atoms with Gasteiger partial charge in [0.2, 0.25) is 0 Å². The number of rotatable bonds is 4. The first-order valence-corrected chi connectivity index (χ1v) is 9.01. The van der Waals surface area contributed by atoms with Crippen molar-refractivity contribution in [1.29, 1.82) is 0 Å². The smallest absolute Gasteiger partial charge is 0.255 e. The highest BCUT2D eigenvalue weighted by atomic mass is 127. The van der Waals surface area contributed by atoms with Crippen LogP contribution in [-0.2, 0) is 13.0 Å². The minimum absolute atomic E-state index is 0.00109. The first kappa shape index (κ1) is 17.8. The van der Waals surface area contributed by atoms with E-state index in [0.717, 1.165) is 21.3 Å². The summed E-state index contributed by atoms with van der Waals surface area (Å²) in [6.07, 6.45) is 0.842. The third kappa shape index (κ3) is 3.53. The molecule has 0 aliphatic carbocycles. The first-order chi connectivity index (χ1) is 12.1. The van der Waals surface area contributed by atoms with E-state index in [2.05, 4.69) is 28.7 Å². The Morgan fingerprint density at radius 1 is 1.00 bits per heavy atom. The summed E-state index contributed by atoms with van der Waals surface area (Å²) >= 11 is 2.16. The fraction of sp³-hybridized carbons (Fsp3) is 0.316. The van der Waals surface area contributed by atoms with Gasteiger partial charge < -0.3 is 19.1 Å². The van der Waals surface area contributed by atoms with Gasteiger partial charge in [0.1, 0.15) is 5.75 Å². The molecular weight excluding hydrogens is 433 g/mol. The molecule has 0 saturated heterocycles. The average molecular weight is 453 g/mol. The van der Waals surface area contributed by atoms with Gasteiger partial charge in [-0.15, -0.1) is 0 Å². The van der Waals surface area contributed by atoms with Gasteiger partial charge in [0.05, 0.1) is 26.9 Å². The van der Waals surface area contributed by atoms with Crippen LogP contribution < -0.4 is 14.2 Å². The molecule has 0 atom stereocenters. The van der Waals surface area contributed by atoms with Crippen LogP contribution in [0.2, 0.25) is 0 Å². The minimum atomic E-state index is -0.00109. The minimum Gasteiger partial charge on any atom is -0.497 e. The molecule has 0 fully saturated rings. The highest BCUT2D eigenvalue weighted by molar-refractivity contribution is 14.1. The maximum atomic E-state index is 13.0. The number of ether oxygens (including phenoxy) is 3. The lowest BCUT2D eigenvalue weighted by Gasteiger charge is -2.29. The Morgan fingerprint density at radius 3 is 2.40 bits per heavy atom. The van der Waals surface area contributed by atoms with Crippen molar-refractivity contribution in [3.8, 4) is 17.2 Å². The molecule has 0 radical (unpaired) electrons. The lowest BCUT2D eigenvalue weighted by Crippen LogP contribution is -2.36. The molecule has 2 aromatic carbocycles. The lowest BCUT2D eigenvalue weighted by atomic mass is 9.98. The molecule has 0 saturated carbocycles. The zero-order valence-corrected chi connectivity index (χ0v) is 16.6. The number of benzene rings is 2. The predicted molar refractivity (Wildman–Crippen MR) is 104 cm³/mol. The number of carbonyl (C=O) groups is 1. The average Bonchev–Trinajstić information content (AvgIpc) is 2.66. The Bertz CT molecular complexity index is 806. The number of methoxy groups -OCH3 is 3. The largest absolute Gasteiger partial charge is 0.497 e. The number of amides is 1. The van der Waals surface area contributed by atoms with Gasteiger partial charge in [-0.05, 0) is 64.4 Å². The Labute approximate surface area is 161 Å². The van der Waals surface area contributed by atoms with Crippen molar-refractivity contribution in [1.82, 2.24) is 4.90 Å². The molecule has 0 aromatic heterocycles. The quantitative estimate of drug-likeness (QED) is 0.665. The Hall–Kier alpha value is -1.96. The van der Waals surface area contributed by atoms with E-state index in [0.29, 0.717) is 30.2 Å². The third-order valence-electron chi connectivity index (χ3n) is 4.42. The van der Waals surface area contributed by atoms with E-state index in [-0.39, 0.29) is 5.91 Å². The normalized spacial score (nSPS) is 13.2. The fourth-order valence-electron chi connectivity index (χ4n) is 3.02. The summed E-state index contributed by atoms with van der Waals surface area (Å²) < 4.78 is 16.8. The predicted octanol–water partition coefficient (Wildman–Crippen LogP) is 3.52. The summed E-state index contributed by atoms with van der Waals surface area (Å²) in [4.78, 5) is 14.9. The Balaban J connectivity index is 1.89. The molecule has 5 nitrogen and oxygen atoms in total. The molecular formula is C19H20INO4. The second kappa shape index (κ2) is 7.51. The summed E-state index contributed by atoms with van der Waals surface area (Å²) in [6, 6.07) is 9.63. The summed E-state index contributed by atoms with van der Waals surface area (Å²) in [5.74, 6) is 2.00. The molecule has 2 aromatic rings. The molecule has 0 unspecified atom stereocenters. The standard InChI is InChI=1S/C19H20INO4/c1-23-14-5-4-12-6-7-21(11-13(12)8-14)19(22)15-9-17(24-2)18(25-3)10-16(15)20/h4-5,8-10H,6-7,11H2,1-3H3. The Morgan fingerprint density at radius 2 is 1.72 bits per heavy atom. The summed E-state index contributed by atoms with van der Waals surface area (Å²) in [5, 5.41) is 0. The van der Waals surface area contributed by atoms with Crippen LogP contribution in [0.1, 0.15) is 21.5 Å². The zero-order valence-electron chi connectivity index (χ0n) is 14.5. The number of nitrogens with zero attached hydrogens (tertiary/aromatic N) is 1. The molecule has 1 amide bonds. The molecule has 6 heteroatoms. The molecule has 0 bridgehead atoms. The van der Waals surface area contributed by atoms with E-state index < -0.39 is 0 Å². The van der Waals surface area contributed by atoms with E-state index in [1.165, 1.54) is 5.56 Å². The van der Waals surface area contributed by atoms with Crippen LogP contribution in [-0.4, -0.2) is 38.7 Å². The zero-order chi connectivity index (χ0) is 18.0. The van der Waals surface area contributed by atoms with Crippen molar-refractivity contribution in [2.45, 2.75) is 13.0 Å². The van der Waals surface area contributed by atoms with E-state index in [4.69, 9.17) is 14.2 Å². The van der Waals surface area contributed by atoms with Gasteiger partial charge >= 0.3 is 0 Å². The highest BCUT2D eigenvalue weighted by Crippen LogP contribution is 2.33. The molecule has 132 valence electrons. The number of carbonyl (C=O) groups excluding carboxylic acids is 1. The monoisotopic (exact) mass is 453 g/mol. The molecule has 3 rings (SSSR count). The Kier molecular flexibility index (Phi) is 5.36. The number of hydrogen-bond acceptors (Lipinski definition) is 4. The van der Waals surface area contributed by atoms with E-state index >= 15 is 0 Å². The second-order valence-electron chi connectivity index (χ2n) is 5.80. The van der Waals surface area contributed by atoms with Crippen molar-refractivity contribution in [2.75, 3.05) is 27.9 Å². The van der Waals surface area contributed by atoms with Crippen LogP contribution in [0, 0.1) is 3.57 Å². The van der Waals surface area contributed by atoms with Crippen LogP contribution >= 0.6 is 22.6 Å². The van der Waals surface area contributed by atoms with Gasteiger partial charge in [0.15, 0.2) is 11.5 Å². The molecule has 0 spiro atoms. The van der Waals surface area contributed by atoms with Gasteiger partial charge in [-0.3, -0.25) is 4.79 Å². The topological polar surface area (TPSA) is 48.0 Å². The summed E-state index contributed by atoms with van der Waals surface area (Å²) in [5.41, 5.74) is 3.03. The molecule has 0 N–H and O–H groups in total. The van der Waals surface area contributed by atoms with Gasteiger partial charge in [-0.2, -0.15) is 0 Å². The van der Waals surface area contributed by atoms with E-state index in [1.807, 2.05) is 23.1 Å². The van der Waals surface area contributed by atoms with Gasteiger partial charge in [0.25, 0.3) is 5.91 Å². The third-order valence-corrected chi connectivity index (χ3v) is 5.31. The fourth-order valence-corrected chi connectivity index (χ4v) is 3.69. The van der Waals surface area contributed by atoms with Crippen LogP contribution in [0.4, 0.5) is 0 Å². The summed E-state index contributed by atoms with van der Waals surface area (Å²) in [7, 11) is 4.81. The van der Waals surface area contributed by atoms with Gasteiger partial charge in [-0.25, -0.2) is 0 Å². The van der Waals surface area contributed by atoms with Gasteiger partial charge in [-0.1, -0.05) is 6.07 Å². The van der Waals surface area contributed by atoms with Crippen molar-refractivity contribution < 1.29 is 19.0 Å². The van der Waals surface area contributed by atoms with E-state index in [1.54, 1.807) is 27.4 Å². The summed E-state index contributed by atoms with van der Waals surface area (Å²) in [6.45, 7) is 1.28. The van der Waals surface area contributed by atoms with Crippen molar-refractivity contribution in [2.24, 2.45) is 0 Å². The number of halogens is 1. The van der Waals surface area contributed by atoms with Crippen LogP contribution in [0.15, 0.2) is 30.3 Å². The maximum Gasteiger partial charge on any atom is 0.255 e. The second-order valence-corrected chi connectivity index (χ2v) is 6.96. The van der Waals surface area contributed by atoms with Crippen molar-refractivity contribution in [3.05, 3.63) is 50.6 Å². The molecule has 1 heterocycles. The maximum absolute atomic E-state index is 13.0. The van der Waals surface area contributed by atoms with Crippen LogP contribution in [0.3, 0.4) is 0 Å². The number of hydrogen-bond donors (Lipinski definition) is 0. The first-order valence-electron chi connectivity index (χ1n) is 7.94. The van der Waals surface area contributed by atoms with Crippen molar-refractivity contribution >= 4 is 28.5 Å². The van der Waals surface area contributed by atoms with E-state index in [9.17, 15) is 4.79 Å².